The molecule has 2 aromatic rings. The molecular formula is C17H24N2O5Si. The number of carbonyl (C=O) groups is 1. The van der Waals surface area contributed by atoms with Crippen molar-refractivity contribution in [2.24, 2.45) is 0 Å². The molecule has 1 unspecified atom stereocenters. The molecule has 2 rings (SSSR count). The molecule has 1 N–H and O–H groups in total. The van der Waals surface area contributed by atoms with E-state index in [1.54, 1.807) is 24.3 Å². The third-order valence-corrected chi connectivity index (χ3v) is 5.51. The Morgan fingerprint density at radius 1 is 1.32 bits per heavy atom. The number of aliphatic carboxylic acids is 1. The number of nitrogens with zero attached hydrogens (tertiary/aromatic N) is 2. The minimum atomic E-state index is -1.41. The molecule has 1 aromatic carbocycles. The van der Waals surface area contributed by atoms with Crippen LogP contribution >= 0.6 is 0 Å². The van der Waals surface area contributed by atoms with E-state index in [9.17, 15) is 14.7 Å². The number of benzene rings is 1. The molecule has 0 bridgehead atoms. The standard InChI is InChI=1S/C17H24N2O5Si/c1-23-16(17(21)22)14-15(20)12-7-5-6-8-13(12)19(18-14)11-24-9-10-25(2,3)4/h5-8,16H,9-11H2,1-4H3,(H,21,22). The second-order valence-corrected chi connectivity index (χ2v) is 12.7. The van der Waals surface area contributed by atoms with E-state index >= 15 is 0 Å². The van der Waals surface area contributed by atoms with Gasteiger partial charge in [-0.1, -0.05) is 31.8 Å². The normalized spacial score (nSPS) is 13.1. The Bertz CT molecular complexity index is 813. The highest BCUT2D eigenvalue weighted by Crippen LogP contribution is 2.16. The second-order valence-electron chi connectivity index (χ2n) is 7.03. The Balaban J connectivity index is 2.39. The number of para-hydroxylation sites is 1. The topological polar surface area (TPSA) is 90.7 Å². The molecule has 8 heteroatoms. The van der Waals surface area contributed by atoms with E-state index in [2.05, 4.69) is 24.7 Å². The summed E-state index contributed by atoms with van der Waals surface area (Å²) in [6.45, 7) is 7.53. The van der Waals surface area contributed by atoms with Gasteiger partial charge in [-0.05, 0) is 18.2 Å². The smallest absolute Gasteiger partial charge is 0.339 e. The summed E-state index contributed by atoms with van der Waals surface area (Å²) in [6, 6.07) is 7.95. The van der Waals surface area contributed by atoms with Crippen LogP contribution in [-0.2, 0) is 21.0 Å². The molecule has 0 aliphatic carbocycles. The number of carboxylic acids is 1. The van der Waals surface area contributed by atoms with Crippen molar-refractivity contribution in [1.82, 2.24) is 9.78 Å². The predicted molar refractivity (Wildman–Crippen MR) is 97.5 cm³/mol. The molecule has 0 spiro atoms. The fourth-order valence-electron chi connectivity index (χ4n) is 2.39. The molecular weight excluding hydrogens is 340 g/mol. The first kappa shape index (κ1) is 19.3. The number of fused-ring (bicyclic) bond motifs is 1. The lowest BCUT2D eigenvalue weighted by Gasteiger charge is -2.17. The van der Waals surface area contributed by atoms with Crippen LogP contribution in [0.4, 0.5) is 0 Å². The SMILES string of the molecule is COC(C(=O)O)c1nn(COCC[Si](C)(C)C)c2ccccc2c1=O. The van der Waals surface area contributed by atoms with Gasteiger partial charge in [0.05, 0.1) is 5.52 Å². The Morgan fingerprint density at radius 3 is 2.60 bits per heavy atom. The van der Waals surface area contributed by atoms with Gasteiger partial charge >= 0.3 is 5.97 Å². The molecule has 0 fully saturated rings. The van der Waals surface area contributed by atoms with Crippen LogP contribution in [0.25, 0.3) is 10.9 Å². The first-order valence-electron chi connectivity index (χ1n) is 8.07. The van der Waals surface area contributed by atoms with E-state index < -0.39 is 25.6 Å². The molecule has 0 saturated carbocycles. The van der Waals surface area contributed by atoms with Gasteiger partial charge < -0.3 is 14.6 Å². The summed E-state index contributed by atoms with van der Waals surface area (Å²) in [7, 11) is 0.0301. The van der Waals surface area contributed by atoms with Crippen molar-refractivity contribution in [3.63, 3.8) is 0 Å². The number of ether oxygens (including phenoxy) is 2. The van der Waals surface area contributed by atoms with Crippen LogP contribution in [0, 0.1) is 0 Å². The van der Waals surface area contributed by atoms with Crippen LogP contribution in [-0.4, -0.2) is 42.6 Å². The lowest BCUT2D eigenvalue weighted by atomic mass is 10.1. The summed E-state index contributed by atoms with van der Waals surface area (Å²) in [5.74, 6) is -1.26. The highest BCUT2D eigenvalue weighted by Gasteiger charge is 2.26. The van der Waals surface area contributed by atoms with Crippen molar-refractivity contribution < 1.29 is 19.4 Å². The van der Waals surface area contributed by atoms with Gasteiger partial charge in [0.15, 0.2) is 0 Å². The van der Waals surface area contributed by atoms with E-state index in [0.29, 0.717) is 17.5 Å². The van der Waals surface area contributed by atoms with Gasteiger partial charge in [-0.3, -0.25) is 4.79 Å². The fraction of sp³-hybridized carbons (Fsp3) is 0.471. The van der Waals surface area contributed by atoms with E-state index in [4.69, 9.17) is 9.47 Å². The van der Waals surface area contributed by atoms with Gasteiger partial charge in [0, 0.05) is 27.2 Å². The van der Waals surface area contributed by atoms with Crippen LogP contribution in [0.1, 0.15) is 11.8 Å². The lowest BCUT2D eigenvalue weighted by molar-refractivity contribution is -0.149. The van der Waals surface area contributed by atoms with E-state index in [0.717, 1.165) is 6.04 Å². The third kappa shape index (κ3) is 4.74. The van der Waals surface area contributed by atoms with Crippen molar-refractivity contribution in [3.8, 4) is 0 Å². The van der Waals surface area contributed by atoms with Gasteiger partial charge in [0.1, 0.15) is 12.4 Å². The van der Waals surface area contributed by atoms with Crippen molar-refractivity contribution in [2.45, 2.75) is 38.5 Å². The number of methoxy groups -OCH3 is 1. The Morgan fingerprint density at radius 2 is 2.00 bits per heavy atom. The van der Waals surface area contributed by atoms with Crippen LogP contribution in [0.3, 0.4) is 0 Å². The minimum Gasteiger partial charge on any atom is -0.479 e. The van der Waals surface area contributed by atoms with E-state index in [-0.39, 0.29) is 12.4 Å². The summed E-state index contributed by atoms with van der Waals surface area (Å²) >= 11 is 0. The monoisotopic (exact) mass is 364 g/mol. The summed E-state index contributed by atoms with van der Waals surface area (Å²) in [4.78, 5) is 24.0. The van der Waals surface area contributed by atoms with Crippen LogP contribution in [0.5, 0.6) is 0 Å². The Kier molecular flexibility index (Phi) is 6.10. The Hall–Kier alpha value is -2.03. The number of carboxylic acid groups (broad SMARTS) is 1. The molecule has 0 radical (unpaired) electrons. The maximum Gasteiger partial charge on any atom is 0.339 e. The molecule has 1 heterocycles. The minimum absolute atomic E-state index is 0.147. The third-order valence-electron chi connectivity index (χ3n) is 3.81. The largest absolute Gasteiger partial charge is 0.479 e. The molecule has 136 valence electrons. The van der Waals surface area contributed by atoms with Crippen molar-refractivity contribution in [2.75, 3.05) is 13.7 Å². The van der Waals surface area contributed by atoms with Crippen LogP contribution in [0.2, 0.25) is 25.7 Å². The molecule has 0 aliphatic heterocycles. The molecule has 0 amide bonds. The zero-order valence-electron chi connectivity index (χ0n) is 15.0. The van der Waals surface area contributed by atoms with Gasteiger partial charge in [-0.25, -0.2) is 9.48 Å². The quantitative estimate of drug-likeness (QED) is 0.572. The van der Waals surface area contributed by atoms with Crippen LogP contribution < -0.4 is 5.43 Å². The van der Waals surface area contributed by atoms with Gasteiger partial charge in [0.25, 0.3) is 0 Å². The van der Waals surface area contributed by atoms with Crippen molar-refractivity contribution in [3.05, 3.63) is 40.2 Å². The highest BCUT2D eigenvalue weighted by atomic mass is 28.3. The number of rotatable bonds is 8. The predicted octanol–water partition coefficient (Wildman–Crippen LogP) is 2.48. The molecule has 25 heavy (non-hydrogen) atoms. The molecule has 7 nitrogen and oxygen atoms in total. The van der Waals surface area contributed by atoms with Gasteiger partial charge in [-0.15, -0.1) is 0 Å². The van der Waals surface area contributed by atoms with Crippen LogP contribution in [0.15, 0.2) is 29.1 Å². The highest BCUT2D eigenvalue weighted by molar-refractivity contribution is 6.76. The van der Waals surface area contributed by atoms with E-state index in [1.165, 1.54) is 11.8 Å². The Labute approximate surface area is 147 Å². The number of hydrogen-bond donors (Lipinski definition) is 1. The molecule has 1 aromatic heterocycles. The van der Waals surface area contributed by atoms with Crippen molar-refractivity contribution >= 4 is 24.9 Å². The average molecular weight is 364 g/mol. The number of aromatic nitrogens is 2. The number of hydrogen-bond acceptors (Lipinski definition) is 5. The molecule has 1 atom stereocenters. The first-order chi connectivity index (χ1) is 11.7. The van der Waals surface area contributed by atoms with Crippen molar-refractivity contribution in [1.29, 1.82) is 0 Å². The zero-order valence-corrected chi connectivity index (χ0v) is 16.0. The summed E-state index contributed by atoms with van der Waals surface area (Å²) in [6.07, 6.45) is -1.41. The summed E-state index contributed by atoms with van der Waals surface area (Å²) in [5.41, 5.74) is 0.00944. The maximum atomic E-state index is 12.6. The first-order valence-corrected chi connectivity index (χ1v) is 11.8. The summed E-state index contributed by atoms with van der Waals surface area (Å²) < 4.78 is 12.2. The fourth-order valence-corrected chi connectivity index (χ4v) is 3.14. The maximum absolute atomic E-state index is 12.6. The lowest BCUT2D eigenvalue weighted by Crippen LogP contribution is -2.28. The molecule has 0 aliphatic rings. The average Bonchev–Trinajstić information content (AvgIpc) is 2.54. The second kappa shape index (κ2) is 7.90. The zero-order chi connectivity index (χ0) is 18.6. The van der Waals surface area contributed by atoms with Gasteiger partial charge in [0.2, 0.25) is 11.5 Å². The summed E-state index contributed by atoms with van der Waals surface area (Å²) in [5, 5.41) is 13.9. The molecule has 0 saturated heterocycles. The van der Waals surface area contributed by atoms with Gasteiger partial charge in [-0.2, -0.15) is 5.10 Å². The van der Waals surface area contributed by atoms with E-state index in [1.807, 2.05) is 0 Å².